The Morgan fingerprint density at radius 1 is 0.370 bits per heavy atom. The minimum Gasteiger partial charge on any atom is -0.309 e. The van der Waals surface area contributed by atoms with Gasteiger partial charge in [0.1, 0.15) is 5.01 Å². The molecule has 3 aromatic heterocycles. The number of benzene rings is 8. The minimum atomic E-state index is 0.628. The van der Waals surface area contributed by atoms with Gasteiger partial charge in [-0.3, -0.25) is 0 Å². The molecule has 0 saturated heterocycles. The number of thiazole rings is 1. The summed E-state index contributed by atoms with van der Waals surface area (Å²) in [5, 5.41) is 8.22. The van der Waals surface area contributed by atoms with Crippen LogP contribution in [-0.2, 0) is 0 Å². The van der Waals surface area contributed by atoms with Crippen LogP contribution in [0.15, 0.2) is 176 Å². The summed E-state index contributed by atoms with van der Waals surface area (Å²) in [6, 6.07) is 61.7. The van der Waals surface area contributed by atoms with Gasteiger partial charge in [-0.1, -0.05) is 121 Å². The third-order valence-electron chi connectivity index (χ3n) is 10.3. The van der Waals surface area contributed by atoms with Crippen molar-refractivity contribution in [2.24, 2.45) is 0 Å². The van der Waals surface area contributed by atoms with Gasteiger partial charge in [-0.2, -0.15) is 0 Å². The van der Waals surface area contributed by atoms with Crippen LogP contribution in [0.5, 0.6) is 0 Å². The molecule has 11 rings (SSSR count). The van der Waals surface area contributed by atoms with Crippen molar-refractivity contribution in [3.05, 3.63) is 176 Å². The monoisotopic (exact) mass is 707 g/mol. The van der Waals surface area contributed by atoms with E-state index in [4.69, 9.17) is 19.9 Å². The fraction of sp³-hybridized carbons (Fsp3) is 0. The second-order valence-electron chi connectivity index (χ2n) is 13.5. The Bertz CT molecular complexity index is 3180. The molecule has 0 spiro atoms. The molecular weight excluding hydrogens is 679 g/mol. The van der Waals surface area contributed by atoms with Crippen molar-refractivity contribution >= 4 is 64.9 Å². The lowest BCUT2D eigenvalue weighted by molar-refractivity contribution is 1.07. The van der Waals surface area contributed by atoms with Gasteiger partial charge in [0.2, 0.25) is 0 Å². The standard InChI is InChI=1S/C48H29N5S/c1-2-11-32(12-3-1)45-50-46(52-47(51-45)34-21-20-31-19-18-30-10-4-5-13-37(30)40(31)28-34)33-22-25-36(26-23-33)53-42-16-8-6-14-38(42)39-27-24-35(29-43(39)53)48-49-41-15-7-9-17-44(41)54-48/h1-29H. The van der Waals surface area contributed by atoms with Gasteiger partial charge >= 0.3 is 0 Å². The third-order valence-corrected chi connectivity index (χ3v) is 11.4. The fourth-order valence-corrected chi connectivity index (χ4v) is 8.59. The molecule has 0 radical (unpaired) electrons. The summed E-state index contributed by atoms with van der Waals surface area (Å²) >= 11 is 1.73. The Morgan fingerprint density at radius 3 is 1.78 bits per heavy atom. The van der Waals surface area contributed by atoms with E-state index in [-0.39, 0.29) is 0 Å². The van der Waals surface area contributed by atoms with Crippen LogP contribution in [0, 0.1) is 0 Å². The van der Waals surface area contributed by atoms with Crippen molar-refractivity contribution in [2.75, 3.05) is 0 Å². The second-order valence-corrected chi connectivity index (χ2v) is 14.5. The molecule has 0 N–H and O–H groups in total. The van der Waals surface area contributed by atoms with Crippen molar-refractivity contribution in [3.63, 3.8) is 0 Å². The first-order chi connectivity index (χ1) is 26.7. The van der Waals surface area contributed by atoms with Gasteiger partial charge in [-0.15, -0.1) is 11.3 Å². The number of hydrogen-bond acceptors (Lipinski definition) is 5. The van der Waals surface area contributed by atoms with E-state index < -0.39 is 0 Å². The molecule has 0 aliphatic carbocycles. The maximum absolute atomic E-state index is 5.11. The van der Waals surface area contributed by atoms with Gasteiger partial charge in [0.25, 0.3) is 0 Å². The third kappa shape index (κ3) is 5.07. The van der Waals surface area contributed by atoms with Gasteiger partial charge < -0.3 is 4.57 Å². The molecule has 0 atom stereocenters. The van der Waals surface area contributed by atoms with E-state index in [9.17, 15) is 0 Å². The second kappa shape index (κ2) is 12.3. The highest BCUT2D eigenvalue weighted by atomic mass is 32.1. The van der Waals surface area contributed by atoms with Crippen molar-refractivity contribution < 1.29 is 0 Å². The van der Waals surface area contributed by atoms with E-state index in [1.54, 1.807) is 11.3 Å². The first-order valence-electron chi connectivity index (χ1n) is 18.0. The van der Waals surface area contributed by atoms with Crippen LogP contribution in [0.25, 0.3) is 104 Å². The molecule has 54 heavy (non-hydrogen) atoms. The molecule has 0 aliphatic heterocycles. The predicted molar refractivity (Wildman–Crippen MR) is 224 cm³/mol. The molecule has 0 amide bonds. The molecule has 0 saturated carbocycles. The van der Waals surface area contributed by atoms with Crippen LogP contribution >= 0.6 is 11.3 Å². The lowest BCUT2D eigenvalue weighted by Gasteiger charge is -2.11. The van der Waals surface area contributed by atoms with Crippen molar-refractivity contribution in [3.8, 4) is 50.4 Å². The maximum Gasteiger partial charge on any atom is 0.164 e. The SMILES string of the molecule is c1ccc(-c2nc(-c3ccc(-n4c5ccccc5c5ccc(-c6nc7ccccc7s6)cc54)cc3)nc(-c3ccc4ccc5ccccc5c4c3)n2)cc1. The van der Waals surface area contributed by atoms with Crippen molar-refractivity contribution in [1.29, 1.82) is 0 Å². The predicted octanol–water partition coefficient (Wildman–Crippen LogP) is 12.6. The van der Waals surface area contributed by atoms with E-state index in [0.717, 1.165) is 49.5 Å². The van der Waals surface area contributed by atoms with E-state index in [1.807, 2.05) is 36.4 Å². The van der Waals surface area contributed by atoms with Gasteiger partial charge in [-0.25, -0.2) is 19.9 Å². The van der Waals surface area contributed by atoms with E-state index in [0.29, 0.717) is 17.5 Å². The number of aromatic nitrogens is 5. The molecule has 8 aromatic carbocycles. The number of nitrogens with zero attached hydrogens (tertiary/aromatic N) is 5. The highest BCUT2D eigenvalue weighted by molar-refractivity contribution is 7.21. The lowest BCUT2D eigenvalue weighted by atomic mass is 10.00. The number of fused-ring (bicyclic) bond motifs is 7. The number of para-hydroxylation sites is 2. The Kier molecular flexibility index (Phi) is 6.97. The molecule has 11 aromatic rings. The molecule has 3 heterocycles. The fourth-order valence-electron chi connectivity index (χ4n) is 7.63. The minimum absolute atomic E-state index is 0.628. The van der Waals surface area contributed by atoms with Crippen LogP contribution in [0.1, 0.15) is 0 Å². The Hall–Kier alpha value is -7.02. The summed E-state index contributed by atoms with van der Waals surface area (Å²) in [6.45, 7) is 0. The Morgan fingerprint density at radius 2 is 0.963 bits per heavy atom. The summed E-state index contributed by atoms with van der Waals surface area (Å²) in [4.78, 5) is 20.1. The normalized spacial score (nSPS) is 11.7. The molecular formula is C48H29N5S. The van der Waals surface area contributed by atoms with Crippen LogP contribution in [0.3, 0.4) is 0 Å². The molecule has 0 unspecified atom stereocenters. The summed E-state index contributed by atoms with van der Waals surface area (Å²) < 4.78 is 3.54. The zero-order chi connectivity index (χ0) is 35.6. The zero-order valence-corrected chi connectivity index (χ0v) is 29.7. The largest absolute Gasteiger partial charge is 0.309 e. The topological polar surface area (TPSA) is 56.5 Å². The quantitative estimate of drug-likeness (QED) is 0.167. The van der Waals surface area contributed by atoms with Gasteiger partial charge in [0.05, 0.1) is 21.3 Å². The summed E-state index contributed by atoms with van der Waals surface area (Å²) in [5.41, 5.74) is 8.30. The van der Waals surface area contributed by atoms with Crippen LogP contribution in [0.4, 0.5) is 0 Å². The van der Waals surface area contributed by atoms with Crippen LogP contribution in [-0.4, -0.2) is 24.5 Å². The van der Waals surface area contributed by atoms with E-state index >= 15 is 0 Å². The Labute approximate surface area is 314 Å². The first-order valence-corrected chi connectivity index (χ1v) is 18.8. The van der Waals surface area contributed by atoms with Crippen LogP contribution in [0.2, 0.25) is 0 Å². The van der Waals surface area contributed by atoms with Crippen LogP contribution < -0.4 is 0 Å². The zero-order valence-electron chi connectivity index (χ0n) is 28.9. The lowest BCUT2D eigenvalue weighted by Crippen LogP contribution is -2.00. The molecule has 5 nitrogen and oxygen atoms in total. The number of hydrogen-bond donors (Lipinski definition) is 0. The molecule has 0 fully saturated rings. The molecule has 0 bridgehead atoms. The van der Waals surface area contributed by atoms with E-state index in [2.05, 4.69) is 144 Å². The Balaban J connectivity index is 1.04. The van der Waals surface area contributed by atoms with Gasteiger partial charge in [0.15, 0.2) is 17.5 Å². The first kappa shape index (κ1) is 30.6. The maximum atomic E-state index is 5.11. The highest BCUT2D eigenvalue weighted by Crippen LogP contribution is 2.38. The average Bonchev–Trinajstić information content (AvgIpc) is 3.83. The number of rotatable bonds is 5. The van der Waals surface area contributed by atoms with Gasteiger partial charge in [-0.05, 0) is 76.1 Å². The average molecular weight is 708 g/mol. The highest BCUT2D eigenvalue weighted by Gasteiger charge is 2.17. The van der Waals surface area contributed by atoms with Crippen molar-refractivity contribution in [2.45, 2.75) is 0 Å². The summed E-state index contributed by atoms with van der Waals surface area (Å²) in [6.07, 6.45) is 0. The van der Waals surface area contributed by atoms with Gasteiger partial charge in [0, 0.05) is 38.7 Å². The molecule has 252 valence electrons. The summed E-state index contributed by atoms with van der Waals surface area (Å²) in [7, 11) is 0. The van der Waals surface area contributed by atoms with Crippen molar-refractivity contribution in [1.82, 2.24) is 24.5 Å². The smallest absolute Gasteiger partial charge is 0.164 e. The molecule has 6 heteroatoms. The van der Waals surface area contributed by atoms with E-state index in [1.165, 1.54) is 37.0 Å². The molecule has 0 aliphatic rings. The summed E-state index contributed by atoms with van der Waals surface area (Å²) in [5.74, 6) is 1.91.